The van der Waals surface area contributed by atoms with Gasteiger partial charge in [0.15, 0.2) is 11.5 Å². The van der Waals surface area contributed by atoms with Crippen LogP contribution in [0.1, 0.15) is 6.42 Å². The zero-order chi connectivity index (χ0) is 24.3. The number of amides is 1. The van der Waals surface area contributed by atoms with E-state index >= 15 is 0 Å². The molecule has 0 aliphatic heterocycles. The average molecular weight is 499 g/mol. The first-order valence-corrected chi connectivity index (χ1v) is 13.1. The van der Waals surface area contributed by atoms with Gasteiger partial charge in [0.1, 0.15) is 18.8 Å². The molecule has 3 N–H and O–H groups in total. The maximum Gasteiger partial charge on any atom is 0.241 e. The summed E-state index contributed by atoms with van der Waals surface area (Å²) < 4.78 is 43.9. The van der Waals surface area contributed by atoms with E-state index in [9.17, 15) is 18.3 Å². The molecule has 9 nitrogen and oxygen atoms in total. The third kappa shape index (κ3) is 8.11. The molecule has 0 spiro atoms. The van der Waals surface area contributed by atoms with E-state index in [1.807, 2.05) is 6.26 Å². The Morgan fingerprint density at radius 1 is 1.06 bits per heavy atom. The summed E-state index contributed by atoms with van der Waals surface area (Å²) in [4.78, 5) is 12.8. The Hall–Kier alpha value is -2.47. The van der Waals surface area contributed by atoms with Crippen LogP contribution in [0.3, 0.4) is 0 Å². The quantitative estimate of drug-likeness (QED) is 0.359. The number of benzene rings is 2. The van der Waals surface area contributed by atoms with Gasteiger partial charge in [-0.1, -0.05) is 24.3 Å². The average Bonchev–Trinajstić information content (AvgIpc) is 2.83. The topological polar surface area (TPSA) is 123 Å². The molecule has 0 saturated carbocycles. The third-order valence-electron chi connectivity index (χ3n) is 4.59. The van der Waals surface area contributed by atoms with Crippen LogP contribution in [-0.4, -0.2) is 71.0 Å². The standard InChI is InChI=1S/C22H30N2O7S2/c1-29-19-10-7-11-20(30-2)21(19)31-15-16(25)14-23-22(26)18(12-13-32-3)24-33(27,28)17-8-5-4-6-9-17/h4-11,16,18,24-25H,12-15H2,1-3H3,(H,23,26). The summed E-state index contributed by atoms with van der Waals surface area (Å²) in [5.41, 5.74) is 0. The van der Waals surface area contributed by atoms with Crippen LogP contribution in [0.4, 0.5) is 0 Å². The first-order valence-electron chi connectivity index (χ1n) is 10.2. The number of para-hydroxylation sites is 1. The third-order valence-corrected chi connectivity index (χ3v) is 6.72. The minimum atomic E-state index is -3.87. The first kappa shape index (κ1) is 26.8. The van der Waals surface area contributed by atoms with Gasteiger partial charge in [-0.05, 0) is 42.7 Å². The fourth-order valence-electron chi connectivity index (χ4n) is 2.87. The maximum atomic E-state index is 12.7. The fourth-order valence-corrected chi connectivity index (χ4v) is 4.60. The van der Waals surface area contributed by atoms with Crippen LogP contribution >= 0.6 is 11.8 Å². The second-order valence-electron chi connectivity index (χ2n) is 6.97. The molecular weight excluding hydrogens is 468 g/mol. The molecule has 0 radical (unpaired) electrons. The number of aliphatic hydroxyl groups excluding tert-OH is 1. The second kappa shape index (κ2) is 13.3. The molecule has 182 valence electrons. The van der Waals surface area contributed by atoms with Crippen molar-refractivity contribution in [1.29, 1.82) is 0 Å². The highest BCUT2D eigenvalue weighted by molar-refractivity contribution is 7.98. The molecule has 0 heterocycles. The molecule has 2 unspecified atom stereocenters. The Morgan fingerprint density at radius 2 is 1.70 bits per heavy atom. The number of carbonyl (C=O) groups excluding carboxylic acids is 1. The van der Waals surface area contributed by atoms with Crippen molar-refractivity contribution in [2.45, 2.75) is 23.5 Å². The number of thioether (sulfide) groups is 1. The van der Waals surface area contributed by atoms with Gasteiger partial charge >= 0.3 is 0 Å². The molecule has 2 atom stereocenters. The molecule has 0 aliphatic rings. The number of carbonyl (C=O) groups is 1. The van der Waals surface area contributed by atoms with Gasteiger partial charge in [0.25, 0.3) is 0 Å². The predicted octanol–water partition coefficient (Wildman–Crippen LogP) is 1.66. The molecule has 0 bridgehead atoms. The highest BCUT2D eigenvalue weighted by Gasteiger charge is 2.26. The number of aliphatic hydroxyl groups is 1. The van der Waals surface area contributed by atoms with Crippen molar-refractivity contribution < 1.29 is 32.5 Å². The van der Waals surface area contributed by atoms with Gasteiger partial charge in [0.05, 0.1) is 19.1 Å². The Labute approximate surface area is 198 Å². The molecule has 2 rings (SSSR count). The van der Waals surface area contributed by atoms with Crippen molar-refractivity contribution in [3.8, 4) is 17.2 Å². The SMILES string of the molecule is COc1cccc(OC)c1OCC(O)CNC(=O)C(CCSC)NS(=O)(=O)c1ccccc1. The number of ether oxygens (including phenoxy) is 3. The Balaban J connectivity index is 1.97. The molecule has 1 amide bonds. The maximum absolute atomic E-state index is 12.7. The Kier molecular flexibility index (Phi) is 10.8. The lowest BCUT2D eigenvalue weighted by atomic mass is 10.2. The van der Waals surface area contributed by atoms with Gasteiger partial charge < -0.3 is 24.6 Å². The van der Waals surface area contributed by atoms with Crippen molar-refractivity contribution in [3.63, 3.8) is 0 Å². The summed E-state index contributed by atoms with van der Waals surface area (Å²) in [5.74, 6) is 1.27. The van der Waals surface area contributed by atoms with Gasteiger partial charge in [-0.25, -0.2) is 8.42 Å². The van der Waals surface area contributed by atoms with Crippen molar-refractivity contribution in [3.05, 3.63) is 48.5 Å². The van der Waals surface area contributed by atoms with Crippen molar-refractivity contribution in [1.82, 2.24) is 10.0 Å². The highest BCUT2D eigenvalue weighted by atomic mass is 32.2. The van der Waals surface area contributed by atoms with E-state index in [0.717, 1.165) is 0 Å². The van der Waals surface area contributed by atoms with Gasteiger partial charge in [-0.15, -0.1) is 0 Å². The summed E-state index contributed by atoms with van der Waals surface area (Å²) in [5, 5.41) is 12.9. The molecule has 0 saturated heterocycles. The number of sulfonamides is 1. The van der Waals surface area contributed by atoms with Crippen LogP contribution in [0, 0.1) is 0 Å². The minimum Gasteiger partial charge on any atom is -0.493 e. The monoisotopic (exact) mass is 498 g/mol. The molecule has 11 heteroatoms. The minimum absolute atomic E-state index is 0.0751. The van der Waals surface area contributed by atoms with E-state index in [0.29, 0.717) is 29.4 Å². The van der Waals surface area contributed by atoms with Gasteiger partial charge in [-0.2, -0.15) is 16.5 Å². The highest BCUT2D eigenvalue weighted by Crippen LogP contribution is 2.36. The normalized spacial score (nSPS) is 13.1. The summed E-state index contributed by atoms with van der Waals surface area (Å²) in [6.45, 7) is -0.263. The molecule has 33 heavy (non-hydrogen) atoms. The van der Waals surface area contributed by atoms with E-state index in [1.165, 1.54) is 38.1 Å². The van der Waals surface area contributed by atoms with Gasteiger partial charge in [0, 0.05) is 6.54 Å². The van der Waals surface area contributed by atoms with Gasteiger partial charge in [0.2, 0.25) is 21.7 Å². The zero-order valence-electron chi connectivity index (χ0n) is 18.8. The van der Waals surface area contributed by atoms with Crippen LogP contribution < -0.4 is 24.2 Å². The smallest absolute Gasteiger partial charge is 0.241 e. The number of hydrogen-bond donors (Lipinski definition) is 3. The summed E-state index contributed by atoms with van der Waals surface area (Å²) in [7, 11) is -0.891. The summed E-state index contributed by atoms with van der Waals surface area (Å²) in [6, 6.07) is 12.0. The summed E-state index contributed by atoms with van der Waals surface area (Å²) >= 11 is 1.50. The van der Waals surface area contributed by atoms with Crippen molar-refractivity contribution in [2.75, 3.05) is 39.4 Å². The number of rotatable bonds is 14. The van der Waals surface area contributed by atoms with Crippen molar-refractivity contribution in [2.24, 2.45) is 0 Å². The van der Waals surface area contributed by atoms with E-state index in [4.69, 9.17) is 14.2 Å². The van der Waals surface area contributed by atoms with Crippen molar-refractivity contribution >= 4 is 27.7 Å². The number of nitrogens with one attached hydrogen (secondary N) is 2. The predicted molar refractivity (Wildman–Crippen MR) is 128 cm³/mol. The van der Waals surface area contributed by atoms with E-state index < -0.39 is 28.1 Å². The molecule has 0 aromatic heterocycles. The lowest BCUT2D eigenvalue weighted by molar-refractivity contribution is -0.123. The first-order chi connectivity index (χ1) is 15.8. The van der Waals surface area contributed by atoms with Crippen LogP contribution in [0.25, 0.3) is 0 Å². The largest absolute Gasteiger partial charge is 0.493 e. The molecule has 0 aliphatic carbocycles. The molecule has 2 aromatic rings. The summed E-state index contributed by atoms with van der Waals surface area (Å²) in [6.07, 6.45) is 1.12. The van der Waals surface area contributed by atoms with Crippen LogP contribution in [-0.2, 0) is 14.8 Å². The van der Waals surface area contributed by atoms with Crippen LogP contribution in [0.5, 0.6) is 17.2 Å². The zero-order valence-corrected chi connectivity index (χ0v) is 20.4. The lowest BCUT2D eigenvalue weighted by Gasteiger charge is -2.20. The van der Waals surface area contributed by atoms with E-state index in [1.54, 1.807) is 36.4 Å². The molecular formula is C22H30N2O7S2. The van der Waals surface area contributed by atoms with E-state index in [-0.39, 0.29) is 18.0 Å². The molecule has 0 fully saturated rings. The number of methoxy groups -OCH3 is 2. The van der Waals surface area contributed by atoms with Gasteiger partial charge in [-0.3, -0.25) is 4.79 Å². The lowest BCUT2D eigenvalue weighted by Crippen LogP contribution is -2.49. The van der Waals surface area contributed by atoms with E-state index in [2.05, 4.69) is 10.0 Å². The van der Waals surface area contributed by atoms with Crippen LogP contribution in [0.15, 0.2) is 53.4 Å². The Bertz CT molecular complexity index is 965. The number of hydrogen-bond acceptors (Lipinski definition) is 8. The Morgan fingerprint density at radius 3 is 2.27 bits per heavy atom. The van der Waals surface area contributed by atoms with Crippen LogP contribution in [0.2, 0.25) is 0 Å². The molecule has 2 aromatic carbocycles. The second-order valence-corrected chi connectivity index (χ2v) is 9.67. The fraction of sp³-hybridized carbons (Fsp3) is 0.409.